The minimum absolute atomic E-state index is 0.0638. The van der Waals surface area contributed by atoms with Crippen molar-refractivity contribution in [3.8, 4) is 5.75 Å². The van der Waals surface area contributed by atoms with Gasteiger partial charge in [-0.2, -0.15) is 0 Å². The van der Waals surface area contributed by atoms with E-state index in [-0.39, 0.29) is 5.91 Å². The average molecular weight is 295 g/mol. The molecule has 0 bridgehead atoms. The predicted octanol–water partition coefficient (Wildman–Crippen LogP) is 4.06. The molecule has 3 heteroatoms. The number of para-hydroxylation sites is 1. The number of methoxy groups -OCH3 is 1. The van der Waals surface area contributed by atoms with Crippen molar-refractivity contribution >= 4 is 11.6 Å². The number of anilines is 1. The van der Waals surface area contributed by atoms with Crippen LogP contribution in [0.1, 0.15) is 30.4 Å². The van der Waals surface area contributed by atoms with Crippen molar-refractivity contribution in [1.82, 2.24) is 0 Å². The number of rotatable bonds is 4. The van der Waals surface area contributed by atoms with E-state index in [1.54, 1.807) is 7.11 Å². The normalized spacial score (nSPS) is 15.7. The Bertz CT molecular complexity index is 689. The number of amides is 1. The molecule has 0 heterocycles. The summed E-state index contributed by atoms with van der Waals surface area (Å²) in [7, 11) is 1.66. The maximum atomic E-state index is 12.9. The van der Waals surface area contributed by atoms with Gasteiger partial charge in [-0.1, -0.05) is 36.8 Å². The van der Waals surface area contributed by atoms with Gasteiger partial charge in [-0.3, -0.25) is 4.79 Å². The van der Waals surface area contributed by atoms with Gasteiger partial charge in [-0.05, 0) is 43.5 Å². The van der Waals surface area contributed by atoms with Gasteiger partial charge in [0.2, 0.25) is 5.91 Å². The Morgan fingerprint density at radius 3 is 2.55 bits per heavy atom. The second kappa shape index (κ2) is 5.84. The minimum Gasteiger partial charge on any atom is -0.496 e. The standard InChI is InChI=1S/C19H21NO2/c1-14-7-5-8-15(13-14)20-18(21)19(11-6-12-19)16-9-3-4-10-17(16)22-2/h3-5,7-10,13H,6,11-12H2,1-2H3,(H,20,21). The van der Waals surface area contributed by atoms with Crippen molar-refractivity contribution in [2.24, 2.45) is 0 Å². The van der Waals surface area contributed by atoms with Crippen LogP contribution in [0.4, 0.5) is 5.69 Å². The highest BCUT2D eigenvalue weighted by atomic mass is 16.5. The fraction of sp³-hybridized carbons (Fsp3) is 0.316. The van der Waals surface area contributed by atoms with Crippen LogP contribution < -0.4 is 10.1 Å². The van der Waals surface area contributed by atoms with E-state index in [0.717, 1.165) is 41.8 Å². The van der Waals surface area contributed by atoms with Gasteiger partial charge >= 0.3 is 0 Å². The maximum absolute atomic E-state index is 12.9. The summed E-state index contributed by atoms with van der Waals surface area (Å²) in [6, 6.07) is 15.7. The molecule has 1 aliphatic carbocycles. The first-order chi connectivity index (χ1) is 10.7. The monoisotopic (exact) mass is 295 g/mol. The lowest BCUT2D eigenvalue weighted by Gasteiger charge is -2.41. The van der Waals surface area contributed by atoms with Gasteiger partial charge in [0.25, 0.3) is 0 Å². The highest BCUT2D eigenvalue weighted by Gasteiger charge is 2.47. The quantitative estimate of drug-likeness (QED) is 0.923. The molecule has 0 spiro atoms. The summed E-state index contributed by atoms with van der Waals surface area (Å²) in [6.07, 6.45) is 2.80. The average Bonchev–Trinajstić information content (AvgIpc) is 2.46. The molecule has 0 aliphatic heterocycles. The summed E-state index contributed by atoms with van der Waals surface area (Å²) in [4.78, 5) is 12.9. The zero-order chi connectivity index (χ0) is 15.6. The van der Waals surface area contributed by atoms with Crippen LogP contribution in [0.5, 0.6) is 5.75 Å². The molecule has 2 aromatic carbocycles. The highest BCUT2D eigenvalue weighted by molar-refractivity contribution is 6.00. The third-order valence-corrected chi connectivity index (χ3v) is 4.54. The molecule has 0 saturated heterocycles. The lowest BCUT2D eigenvalue weighted by Crippen LogP contribution is -2.46. The van der Waals surface area contributed by atoms with Crippen molar-refractivity contribution in [2.45, 2.75) is 31.6 Å². The van der Waals surface area contributed by atoms with Crippen LogP contribution >= 0.6 is 0 Å². The molecule has 114 valence electrons. The van der Waals surface area contributed by atoms with Gasteiger partial charge < -0.3 is 10.1 Å². The molecule has 22 heavy (non-hydrogen) atoms. The van der Waals surface area contributed by atoms with E-state index >= 15 is 0 Å². The summed E-state index contributed by atoms with van der Waals surface area (Å²) in [5.74, 6) is 0.857. The molecular weight excluding hydrogens is 274 g/mol. The van der Waals surface area contributed by atoms with Gasteiger partial charge in [0.1, 0.15) is 5.75 Å². The Morgan fingerprint density at radius 2 is 1.91 bits per heavy atom. The summed E-state index contributed by atoms with van der Waals surface area (Å²) in [5, 5.41) is 3.08. The van der Waals surface area contributed by atoms with Gasteiger partial charge in [0.15, 0.2) is 0 Å². The molecule has 1 fully saturated rings. The van der Waals surface area contributed by atoms with Gasteiger partial charge in [0, 0.05) is 11.3 Å². The number of aryl methyl sites for hydroxylation is 1. The number of carbonyl (C=O) groups excluding carboxylic acids is 1. The topological polar surface area (TPSA) is 38.3 Å². The zero-order valence-corrected chi connectivity index (χ0v) is 13.1. The van der Waals surface area contributed by atoms with Gasteiger partial charge in [0.05, 0.1) is 12.5 Å². The van der Waals surface area contributed by atoms with Crippen molar-refractivity contribution in [1.29, 1.82) is 0 Å². The molecule has 0 unspecified atom stereocenters. The Labute approximate surface area is 131 Å². The fourth-order valence-electron chi connectivity index (χ4n) is 3.16. The number of benzene rings is 2. The number of carbonyl (C=O) groups is 1. The van der Waals surface area contributed by atoms with E-state index in [1.165, 1.54) is 0 Å². The summed E-state index contributed by atoms with van der Waals surface area (Å²) >= 11 is 0. The molecule has 1 amide bonds. The minimum atomic E-state index is -0.462. The molecule has 1 saturated carbocycles. The largest absolute Gasteiger partial charge is 0.496 e. The van der Waals surface area contributed by atoms with Crippen LogP contribution in [0, 0.1) is 6.92 Å². The predicted molar refractivity (Wildman–Crippen MR) is 88.3 cm³/mol. The first-order valence-electron chi connectivity index (χ1n) is 7.67. The number of nitrogens with one attached hydrogen (secondary N) is 1. The molecule has 0 radical (unpaired) electrons. The van der Waals surface area contributed by atoms with E-state index in [0.29, 0.717) is 0 Å². The Morgan fingerprint density at radius 1 is 1.14 bits per heavy atom. The second-order valence-corrected chi connectivity index (χ2v) is 5.96. The van der Waals surface area contributed by atoms with Crippen molar-refractivity contribution < 1.29 is 9.53 Å². The first kappa shape index (κ1) is 14.6. The van der Waals surface area contributed by atoms with Gasteiger partial charge in [-0.25, -0.2) is 0 Å². The van der Waals surface area contributed by atoms with E-state index in [4.69, 9.17) is 4.74 Å². The van der Waals surface area contributed by atoms with E-state index in [2.05, 4.69) is 5.32 Å². The molecule has 3 nitrogen and oxygen atoms in total. The molecule has 2 aromatic rings. The summed E-state index contributed by atoms with van der Waals surface area (Å²) < 4.78 is 5.47. The number of hydrogen-bond acceptors (Lipinski definition) is 2. The van der Waals surface area contributed by atoms with Crippen LogP contribution in [0.2, 0.25) is 0 Å². The second-order valence-electron chi connectivity index (χ2n) is 5.96. The third kappa shape index (κ3) is 2.47. The van der Waals surface area contributed by atoms with Crippen LogP contribution in [-0.2, 0) is 10.2 Å². The Kier molecular flexibility index (Phi) is 3.88. The molecular formula is C19H21NO2. The SMILES string of the molecule is COc1ccccc1C1(C(=O)Nc2cccc(C)c2)CCC1. The van der Waals surface area contributed by atoms with E-state index in [1.807, 2.05) is 55.5 Å². The van der Waals surface area contributed by atoms with Crippen molar-refractivity contribution in [3.05, 3.63) is 59.7 Å². The zero-order valence-electron chi connectivity index (χ0n) is 13.1. The number of hydrogen-bond donors (Lipinski definition) is 1. The maximum Gasteiger partial charge on any atom is 0.235 e. The van der Waals surface area contributed by atoms with Crippen molar-refractivity contribution in [3.63, 3.8) is 0 Å². The Balaban J connectivity index is 1.91. The first-order valence-corrected chi connectivity index (χ1v) is 7.67. The van der Waals surface area contributed by atoms with Crippen LogP contribution in [0.3, 0.4) is 0 Å². The lowest BCUT2D eigenvalue weighted by atomic mass is 9.63. The number of ether oxygens (including phenoxy) is 1. The molecule has 1 N–H and O–H groups in total. The molecule has 3 rings (SSSR count). The molecule has 1 aliphatic rings. The van der Waals surface area contributed by atoms with Crippen molar-refractivity contribution in [2.75, 3.05) is 12.4 Å². The van der Waals surface area contributed by atoms with Gasteiger partial charge in [-0.15, -0.1) is 0 Å². The van der Waals surface area contributed by atoms with Crippen LogP contribution in [0.25, 0.3) is 0 Å². The summed E-state index contributed by atoms with van der Waals surface area (Å²) in [5.41, 5.74) is 2.52. The lowest BCUT2D eigenvalue weighted by molar-refractivity contribution is -0.124. The van der Waals surface area contributed by atoms with Crippen LogP contribution in [0.15, 0.2) is 48.5 Å². The molecule has 0 atom stereocenters. The Hall–Kier alpha value is -2.29. The highest BCUT2D eigenvalue weighted by Crippen LogP contribution is 2.47. The van der Waals surface area contributed by atoms with E-state index < -0.39 is 5.41 Å². The molecule has 0 aromatic heterocycles. The smallest absolute Gasteiger partial charge is 0.235 e. The summed E-state index contributed by atoms with van der Waals surface area (Å²) in [6.45, 7) is 2.02. The third-order valence-electron chi connectivity index (χ3n) is 4.54. The van der Waals surface area contributed by atoms with E-state index in [9.17, 15) is 4.79 Å². The van der Waals surface area contributed by atoms with Crippen LogP contribution in [-0.4, -0.2) is 13.0 Å². The fourth-order valence-corrected chi connectivity index (χ4v) is 3.16.